The molecule has 0 aliphatic heterocycles. The molecule has 0 aromatic carbocycles. The van der Waals surface area contributed by atoms with Crippen molar-refractivity contribution in [3.8, 4) is 0 Å². The van der Waals surface area contributed by atoms with E-state index in [2.05, 4.69) is 25.8 Å². The summed E-state index contributed by atoms with van der Waals surface area (Å²) >= 11 is 1.47. The summed E-state index contributed by atoms with van der Waals surface area (Å²) in [6.45, 7) is 7.27. The molecular weight excluding hydrogens is 220 g/mol. The highest BCUT2D eigenvalue weighted by Crippen LogP contribution is 2.19. The van der Waals surface area contributed by atoms with Gasteiger partial charge in [0.1, 0.15) is 4.70 Å². The van der Waals surface area contributed by atoms with E-state index in [0.29, 0.717) is 0 Å². The highest BCUT2D eigenvalue weighted by Gasteiger charge is 2.11. The average Bonchev–Trinajstić information content (AvgIpc) is 2.64. The fourth-order valence-corrected chi connectivity index (χ4v) is 2.29. The number of nitrogens with zero attached hydrogens (tertiary/aromatic N) is 2. The normalized spacial score (nSPS) is 12.2. The van der Waals surface area contributed by atoms with Crippen LogP contribution < -0.4 is 5.56 Å². The molecule has 0 unspecified atom stereocenters. The first-order chi connectivity index (χ1) is 7.47. The molecule has 2 rings (SSSR count). The number of rotatable bonds is 2. The molecule has 0 aliphatic carbocycles. The van der Waals surface area contributed by atoms with Crippen molar-refractivity contribution in [3.05, 3.63) is 28.1 Å². The standard InChI is InChI=1S/C12H16N2OS/c1-12(2,3)5-6-14-8-13-9-4-7-16-10(9)11(14)15/h4,7-8H,5-6H2,1-3H3. The van der Waals surface area contributed by atoms with Gasteiger partial charge in [-0.3, -0.25) is 9.36 Å². The summed E-state index contributed by atoms with van der Waals surface area (Å²) in [7, 11) is 0. The Labute approximate surface area is 98.8 Å². The topological polar surface area (TPSA) is 34.9 Å². The van der Waals surface area contributed by atoms with Crippen LogP contribution in [0.2, 0.25) is 0 Å². The number of fused-ring (bicyclic) bond motifs is 1. The Bertz CT molecular complexity index is 548. The van der Waals surface area contributed by atoms with Gasteiger partial charge in [0.05, 0.1) is 11.8 Å². The molecule has 0 aliphatic rings. The predicted molar refractivity (Wildman–Crippen MR) is 68.0 cm³/mol. The summed E-state index contributed by atoms with van der Waals surface area (Å²) in [6.07, 6.45) is 2.63. The van der Waals surface area contributed by atoms with Gasteiger partial charge < -0.3 is 0 Å². The van der Waals surface area contributed by atoms with Crippen LogP contribution in [0.5, 0.6) is 0 Å². The van der Waals surface area contributed by atoms with E-state index in [-0.39, 0.29) is 11.0 Å². The molecule has 0 N–H and O–H groups in total. The molecule has 86 valence electrons. The fraction of sp³-hybridized carbons (Fsp3) is 0.500. The second-order valence-corrected chi connectivity index (χ2v) is 6.10. The lowest BCUT2D eigenvalue weighted by Crippen LogP contribution is -2.22. The van der Waals surface area contributed by atoms with Crippen LogP contribution in [0.15, 0.2) is 22.6 Å². The number of thiophene rings is 1. The summed E-state index contributed by atoms with van der Waals surface area (Å²) in [5, 5.41) is 1.91. The van der Waals surface area contributed by atoms with Crippen LogP contribution in [-0.4, -0.2) is 9.55 Å². The lowest BCUT2D eigenvalue weighted by atomic mass is 9.92. The van der Waals surface area contributed by atoms with Gasteiger partial charge in [-0.25, -0.2) is 4.98 Å². The van der Waals surface area contributed by atoms with E-state index < -0.39 is 0 Å². The molecular formula is C12H16N2OS. The highest BCUT2D eigenvalue weighted by molar-refractivity contribution is 7.17. The third kappa shape index (κ3) is 2.32. The van der Waals surface area contributed by atoms with Crippen molar-refractivity contribution in [3.63, 3.8) is 0 Å². The molecule has 2 heterocycles. The molecule has 16 heavy (non-hydrogen) atoms. The molecule has 0 spiro atoms. The highest BCUT2D eigenvalue weighted by atomic mass is 32.1. The van der Waals surface area contributed by atoms with Crippen molar-refractivity contribution in [2.75, 3.05) is 0 Å². The van der Waals surface area contributed by atoms with Crippen LogP contribution in [-0.2, 0) is 6.54 Å². The Hall–Kier alpha value is -1.16. The average molecular weight is 236 g/mol. The van der Waals surface area contributed by atoms with Crippen molar-refractivity contribution in [2.45, 2.75) is 33.7 Å². The molecule has 3 nitrogen and oxygen atoms in total. The smallest absolute Gasteiger partial charge is 0.271 e. The monoisotopic (exact) mass is 236 g/mol. The van der Waals surface area contributed by atoms with E-state index in [1.54, 1.807) is 10.9 Å². The molecule has 2 aromatic heterocycles. The van der Waals surface area contributed by atoms with E-state index in [1.165, 1.54) is 11.3 Å². The van der Waals surface area contributed by atoms with Crippen molar-refractivity contribution in [1.29, 1.82) is 0 Å². The number of hydrogen-bond acceptors (Lipinski definition) is 3. The first-order valence-electron chi connectivity index (χ1n) is 5.40. The molecule has 0 radical (unpaired) electrons. The molecule has 4 heteroatoms. The molecule has 0 bridgehead atoms. The Balaban J connectivity index is 2.31. The van der Waals surface area contributed by atoms with Crippen molar-refractivity contribution < 1.29 is 0 Å². The molecule has 0 fully saturated rings. The van der Waals surface area contributed by atoms with Gasteiger partial charge in [0, 0.05) is 6.54 Å². The minimum absolute atomic E-state index is 0.0873. The zero-order valence-electron chi connectivity index (χ0n) is 9.86. The van der Waals surface area contributed by atoms with Crippen LogP contribution >= 0.6 is 11.3 Å². The van der Waals surface area contributed by atoms with Crippen LogP contribution in [0, 0.1) is 5.41 Å². The van der Waals surface area contributed by atoms with E-state index in [9.17, 15) is 4.79 Å². The molecule has 0 saturated heterocycles. The third-order valence-electron chi connectivity index (χ3n) is 2.54. The molecule has 2 aromatic rings. The largest absolute Gasteiger partial charge is 0.298 e. The Morgan fingerprint density at radius 2 is 2.19 bits per heavy atom. The second-order valence-electron chi connectivity index (χ2n) is 5.19. The summed E-state index contributed by atoms with van der Waals surface area (Å²) < 4.78 is 2.47. The summed E-state index contributed by atoms with van der Waals surface area (Å²) in [6, 6.07) is 1.88. The van der Waals surface area contributed by atoms with Gasteiger partial charge in [0.15, 0.2) is 0 Å². The maximum Gasteiger partial charge on any atom is 0.271 e. The van der Waals surface area contributed by atoms with E-state index >= 15 is 0 Å². The van der Waals surface area contributed by atoms with Crippen LogP contribution in [0.1, 0.15) is 27.2 Å². The maximum absolute atomic E-state index is 12.0. The van der Waals surface area contributed by atoms with Crippen molar-refractivity contribution in [2.24, 2.45) is 5.41 Å². The van der Waals surface area contributed by atoms with Crippen LogP contribution in [0.4, 0.5) is 0 Å². The zero-order valence-corrected chi connectivity index (χ0v) is 10.7. The minimum atomic E-state index is 0.0873. The first-order valence-corrected chi connectivity index (χ1v) is 6.28. The maximum atomic E-state index is 12.0. The SMILES string of the molecule is CC(C)(C)CCn1cnc2ccsc2c1=O. The Kier molecular flexibility index (Phi) is 2.84. The quantitative estimate of drug-likeness (QED) is 0.803. The lowest BCUT2D eigenvalue weighted by Gasteiger charge is -2.18. The van der Waals surface area contributed by atoms with Gasteiger partial charge in [-0.1, -0.05) is 20.8 Å². The number of aromatic nitrogens is 2. The van der Waals surface area contributed by atoms with E-state index in [0.717, 1.165) is 23.2 Å². The van der Waals surface area contributed by atoms with Gasteiger partial charge >= 0.3 is 0 Å². The first kappa shape index (κ1) is 11.3. The number of hydrogen-bond donors (Lipinski definition) is 0. The van der Waals surface area contributed by atoms with Crippen LogP contribution in [0.25, 0.3) is 10.2 Å². The van der Waals surface area contributed by atoms with Crippen LogP contribution in [0.3, 0.4) is 0 Å². The van der Waals surface area contributed by atoms with E-state index in [4.69, 9.17) is 0 Å². The third-order valence-corrected chi connectivity index (χ3v) is 3.43. The molecule has 0 saturated carbocycles. The van der Waals surface area contributed by atoms with Gasteiger partial charge in [-0.05, 0) is 23.3 Å². The van der Waals surface area contributed by atoms with E-state index in [1.807, 2.05) is 11.4 Å². The summed E-state index contributed by atoms with van der Waals surface area (Å²) in [5.74, 6) is 0. The van der Waals surface area contributed by atoms with Gasteiger partial charge in [0.2, 0.25) is 0 Å². The molecule has 0 atom stereocenters. The van der Waals surface area contributed by atoms with Gasteiger partial charge in [-0.15, -0.1) is 11.3 Å². The number of aryl methyl sites for hydroxylation is 1. The Morgan fingerprint density at radius 3 is 2.88 bits per heavy atom. The van der Waals surface area contributed by atoms with Crippen molar-refractivity contribution in [1.82, 2.24) is 9.55 Å². The summed E-state index contributed by atoms with van der Waals surface area (Å²) in [4.78, 5) is 16.3. The fourth-order valence-electron chi connectivity index (χ4n) is 1.49. The zero-order chi connectivity index (χ0) is 11.8. The Morgan fingerprint density at radius 1 is 1.44 bits per heavy atom. The predicted octanol–water partition coefficient (Wildman–Crippen LogP) is 2.89. The molecule has 0 amide bonds. The minimum Gasteiger partial charge on any atom is -0.298 e. The lowest BCUT2D eigenvalue weighted by molar-refractivity contribution is 0.347. The van der Waals surface area contributed by atoms with Gasteiger partial charge in [-0.2, -0.15) is 0 Å². The van der Waals surface area contributed by atoms with Crippen molar-refractivity contribution >= 4 is 21.6 Å². The van der Waals surface area contributed by atoms with Gasteiger partial charge in [0.25, 0.3) is 5.56 Å². The summed E-state index contributed by atoms with van der Waals surface area (Å²) in [5.41, 5.74) is 1.13. The second kappa shape index (κ2) is 4.01.